The first-order valence-corrected chi connectivity index (χ1v) is 9.09. The Morgan fingerprint density at radius 1 is 1.10 bits per heavy atom. The lowest BCUT2D eigenvalue weighted by Gasteiger charge is -2.25. The molecule has 0 aliphatic carbocycles. The van der Waals surface area contributed by atoms with Gasteiger partial charge in [0.2, 0.25) is 0 Å². The van der Waals surface area contributed by atoms with Crippen LogP contribution in [0.1, 0.15) is 22.0 Å². The molecular weight excluding hydrogens is 375 g/mol. The minimum atomic E-state index is -0.457. The van der Waals surface area contributed by atoms with Gasteiger partial charge < -0.3 is 25.2 Å². The Balaban J connectivity index is 2.11. The van der Waals surface area contributed by atoms with Crippen LogP contribution < -0.4 is 15.4 Å². The summed E-state index contributed by atoms with van der Waals surface area (Å²) in [5.41, 5.74) is 1.56. The molecule has 1 atom stereocenters. The van der Waals surface area contributed by atoms with Gasteiger partial charge in [-0.25, -0.2) is 9.18 Å². The maximum absolute atomic E-state index is 13.6. The van der Waals surface area contributed by atoms with Crippen LogP contribution in [0.2, 0.25) is 0 Å². The average Bonchev–Trinajstić information content (AvgIpc) is 2.67. The molecule has 0 aliphatic rings. The number of methoxy groups -OCH3 is 1. The maximum atomic E-state index is 13.6. The van der Waals surface area contributed by atoms with Crippen molar-refractivity contribution in [3.63, 3.8) is 0 Å². The lowest BCUT2D eigenvalue weighted by atomic mass is 10.1. The number of hydrogen-bond donors (Lipinski definition) is 2. The van der Waals surface area contributed by atoms with Crippen LogP contribution in [0.5, 0.6) is 5.75 Å². The monoisotopic (exact) mass is 402 g/mol. The highest BCUT2D eigenvalue weighted by molar-refractivity contribution is 5.97. The van der Waals surface area contributed by atoms with Gasteiger partial charge in [-0.15, -0.1) is 0 Å². The van der Waals surface area contributed by atoms with E-state index in [9.17, 15) is 14.0 Å². The van der Waals surface area contributed by atoms with E-state index in [0.717, 1.165) is 5.56 Å². The molecule has 2 aromatic rings. The molecule has 2 N–H and O–H groups in total. The number of halogens is 1. The number of benzene rings is 2. The predicted molar refractivity (Wildman–Crippen MR) is 111 cm³/mol. The fourth-order valence-corrected chi connectivity index (χ4v) is 2.87. The molecule has 0 aromatic heterocycles. The van der Waals surface area contributed by atoms with E-state index >= 15 is 0 Å². The Hall–Kier alpha value is -3.13. The van der Waals surface area contributed by atoms with Crippen molar-refractivity contribution in [2.75, 3.05) is 47.2 Å². The number of anilines is 1. The third-order valence-electron chi connectivity index (χ3n) is 4.41. The van der Waals surface area contributed by atoms with Gasteiger partial charge in [0.15, 0.2) is 0 Å². The van der Waals surface area contributed by atoms with Gasteiger partial charge in [0.05, 0.1) is 18.8 Å². The number of nitrogens with one attached hydrogen (secondary N) is 2. The second kappa shape index (κ2) is 9.88. The van der Waals surface area contributed by atoms with Crippen LogP contribution in [0.3, 0.4) is 0 Å². The van der Waals surface area contributed by atoms with E-state index in [4.69, 9.17) is 4.74 Å². The zero-order valence-electron chi connectivity index (χ0n) is 17.3. The minimum Gasteiger partial charge on any atom is -0.495 e. The predicted octanol–water partition coefficient (Wildman–Crippen LogP) is 2.96. The molecule has 29 heavy (non-hydrogen) atoms. The molecule has 0 saturated carbocycles. The SMILES string of the molecule is COc1ccc(C(=O)N(C)C)cc1NC(=O)NCC(c1cccc(F)c1)N(C)C. The highest BCUT2D eigenvalue weighted by Crippen LogP contribution is 2.26. The molecule has 156 valence electrons. The molecule has 0 saturated heterocycles. The molecule has 0 heterocycles. The summed E-state index contributed by atoms with van der Waals surface area (Å²) in [5.74, 6) is -0.0782. The first kappa shape index (κ1) is 22.2. The zero-order chi connectivity index (χ0) is 21.6. The fraction of sp³-hybridized carbons (Fsp3) is 0.333. The van der Waals surface area contributed by atoms with Crippen LogP contribution >= 0.6 is 0 Å². The first-order valence-electron chi connectivity index (χ1n) is 9.09. The summed E-state index contributed by atoms with van der Waals surface area (Å²) >= 11 is 0. The summed E-state index contributed by atoms with van der Waals surface area (Å²) in [5, 5.41) is 5.50. The van der Waals surface area contributed by atoms with Crippen LogP contribution in [0.25, 0.3) is 0 Å². The van der Waals surface area contributed by atoms with Gasteiger partial charge in [-0.3, -0.25) is 4.79 Å². The molecule has 2 aromatic carbocycles. The topological polar surface area (TPSA) is 73.9 Å². The van der Waals surface area contributed by atoms with Crippen molar-refractivity contribution in [1.29, 1.82) is 0 Å². The normalized spacial score (nSPS) is 11.7. The largest absolute Gasteiger partial charge is 0.495 e. The van der Waals surface area contributed by atoms with Crippen molar-refractivity contribution in [1.82, 2.24) is 15.1 Å². The number of carbonyl (C=O) groups is 2. The molecule has 0 radical (unpaired) electrons. The van der Waals surface area contributed by atoms with Gasteiger partial charge in [-0.2, -0.15) is 0 Å². The lowest BCUT2D eigenvalue weighted by Crippen LogP contribution is -2.37. The summed E-state index contributed by atoms with van der Waals surface area (Å²) in [6.07, 6.45) is 0. The van der Waals surface area contributed by atoms with Gasteiger partial charge in [-0.05, 0) is 50.0 Å². The summed E-state index contributed by atoms with van der Waals surface area (Å²) < 4.78 is 18.8. The second-order valence-electron chi connectivity index (χ2n) is 6.98. The maximum Gasteiger partial charge on any atom is 0.319 e. The molecule has 7 nitrogen and oxygen atoms in total. The van der Waals surface area contributed by atoms with Crippen molar-refractivity contribution in [2.24, 2.45) is 0 Å². The Morgan fingerprint density at radius 2 is 1.83 bits per heavy atom. The Kier molecular flexibility index (Phi) is 7.55. The minimum absolute atomic E-state index is 0.185. The van der Waals surface area contributed by atoms with Crippen molar-refractivity contribution in [3.05, 3.63) is 59.4 Å². The zero-order valence-corrected chi connectivity index (χ0v) is 17.3. The van der Waals surface area contributed by atoms with Gasteiger partial charge in [0, 0.05) is 26.2 Å². The van der Waals surface area contributed by atoms with Gasteiger partial charge in [-0.1, -0.05) is 12.1 Å². The Morgan fingerprint density at radius 3 is 2.41 bits per heavy atom. The summed E-state index contributed by atoms with van der Waals surface area (Å²) in [6, 6.07) is 10.4. The van der Waals surface area contributed by atoms with Crippen LogP contribution in [0, 0.1) is 5.82 Å². The number of amides is 3. The highest BCUT2D eigenvalue weighted by atomic mass is 19.1. The van der Waals surface area contributed by atoms with E-state index in [1.807, 2.05) is 25.1 Å². The molecule has 3 amide bonds. The van der Waals surface area contributed by atoms with Crippen LogP contribution in [0.4, 0.5) is 14.9 Å². The molecule has 0 spiro atoms. The number of nitrogens with zero attached hydrogens (tertiary/aromatic N) is 2. The number of ether oxygens (including phenoxy) is 1. The van der Waals surface area contributed by atoms with E-state index < -0.39 is 6.03 Å². The van der Waals surface area contributed by atoms with Gasteiger partial charge in [0.25, 0.3) is 5.91 Å². The van der Waals surface area contributed by atoms with Gasteiger partial charge >= 0.3 is 6.03 Å². The van der Waals surface area contributed by atoms with Crippen LogP contribution in [-0.4, -0.2) is 63.6 Å². The standard InChI is InChI=1S/C21H27FN4O3/c1-25(2)18(14-7-6-8-16(22)11-14)13-23-21(28)24-17-12-15(20(27)26(3)4)9-10-19(17)29-5/h6-12,18H,13H2,1-5H3,(H2,23,24,28). The molecule has 0 bridgehead atoms. The summed E-state index contributed by atoms with van der Waals surface area (Å²) in [7, 11) is 8.50. The molecular formula is C21H27FN4O3. The summed E-state index contributed by atoms with van der Waals surface area (Å²) in [4.78, 5) is 28.0. The molecule has 1 unspecified atom stereocenters. The fourth-order valence-electron chi connectivity index (χ4n) is 2.87. The second-order valence-corrected chi connectivity index (χ2v) is 6.98. The first-order chi connectivity index (χ1) is 13.7. The van der Waals surface area contributed by atoms with E-state index in [-0.39, 0.29) is 24.3 Å². The third-order valence-corrected chi connectivity index (χ3v) is 4.41. The van der Waals surface area contributed by atoms with Crippen LogP contribution in [0.15, 0.2) is 42.5 Å². The number of carbonyl (C=O) groups excluding carboxylic acids is 2. The van der Waals surface area contributed by atoms with E-state index in [1.54, 1.807) is 38.4 Å². The van der Waals surface area contributed by atoms with Gasteiger partial charge in [0.1, 0.15) is 11.6 Å². The smallest absolute Gasteiger partial charge is 0.319 e. The van der Waals surface area contributed by atoms with Crippen molar-refractivity contribution < 1.29 is 18.7 Å². The van der Waals surface area contributed by atoms with Crippen LogP contribution in [-0.2, 0) is 0 Å². The average molecular weight is 402 g/mol. The number of likely N-dealkylation sites (N-methyl/N-ethyl adjacent to an activating group) is 1. The summed E-state index contributed by atoms with van der Waals surface area (Å²) in [6.45, 7) is 0.265. The molecule has 0 aliphatic heterocycles. The van der Waals surface area contributed by atoms with E-state index in [0.29, 0.717) is 17.0 Å². The van der Waals surface area contributed by atoms with Crippen molar-refractivity contribution in [3.8, 4) is 5.75 Å². The third kappa shape index (κ3) is 5.92. The highest BCUT2D eigenvalue weighted by Gasteiger charge is 2.17. The molecule has 2 rings (SSSR count). The number of hydrogen-bond acceptors (Lipinski definition) is 4. The number of urea groups is 1. The Bertz CT molecular complexity index is 871. The Labute approximate surface area is 170 Å². The lowest BCUT2D eigenvalue weighted by molar-refractivity contribution is 0.0827. The number of rotatable bonds is 7. The molecule has 0 fully saturated rings. The van der Waals surface area contributed by atoms with Crippen molar-refractivity contribution in [2.45, 2.75) is 6.04 Å². The molecule has 8 heteroatoms. The van der Waals surface area contributed by atoms with Crippen molar-refractivity contribution >= 4 is 17.6 Å². The van der Waals surface area contributed by atoms with E-state index in [2.05, 4.69) is 10.6 Å². The van der Waals surface area contributed by atoms with E-state index in [1.165, 1.54) is 24.1 Å². The quantitative estimate of drug-likeness (QED) is 0.747.